The van der Waals surface area contributed by atoms with Gasteiger partial charge in [-0.25, -0.2) is 9.59 Å². The first-order valence-electron chi connectivity index (χ1n) is 4.43. The average Bonchev–Trinajstić information content (AvgIpc) is 2.18. The van der Waals surface area contributed by atoms with Gasteiger partial charge >= 0.3 is 11.9 Å². The van der Waals surface area contributed by atoms with E-state index in [0.717, 1.165) is 0 Å². The molecule has 1 aromatic heterocycles. The fraction of sp³-hybridized carbons (Fsp3) is 0.300. The SMILES string of the molecule is CCOC(=O)c1cc(C(=O)O)cnc1C. The van der Waals surface area contributed by atoms with E-state index in [9.17, 15) is 9.59 Å². The first-order chi connectivity index (χ1) is 7.06. The van der Waals surface area contributed by atoms with Gasteiger partial charge in [-0.1, -0.05) is 0 Å². The van der Waals surface area contributed by atoms with Crippen LogP contribution in [-0.2, 0) is 4.74 Å². The van der Waals surface area contributed by atoms with E-state index in [-0.39, 0.29) is 17.7 Å². The number of hydrogen-bond acceptors (Lipinski definition) is 4. The zero-order valence-corrected chi connectivity index (χ0v) is 8.48. The maximum Gasteiger partial charge on any atom is 0.339 e. The third-order valence-electron chi connectivity index (χ3n) is 1.83. The van der Waals surface area contributed by atoms with Gasteiger partial charge in [0.05, 0.1) is 23.4 Å². The fourth-order valence-corrected chi connectivity index (χ4v) is 1.07. The lowest BCUT2D eigenvalue weighted by Crippen LogP contribution is -2.10. The molecule has 0 fully saturated rings. The van der Waals surface area contributed by atoms with E-state index in [1.807, 2.05) is 0 Å². The van der Waals surface area contributed by atoms with E-state index in [4.69, 9.17) is 9.84 Å². The van der Waals surface area contributed by atoms with Crippen LogP contribution in [0.2, 0.25) is 0 Å². The van der Waals surface area contributed by atoms with E-state index in [2.05, 4.69) is 4.98 Å². The summed E-state index contributed by atoms with van der Waals surface area (Å²) >= 11 is 0. The van der Waals surface area contributed by atoms with Gasteiger partial charge in [-0.05, 0) is 19.9 Å². The Labute approximate surface area is 86.7 Å². The molecule has 0 aromatic carbocycles. The van der Waals surface area contributed by atoms with Crippen LogP contribution in [0.4, 0.5) is 0 Å². The predicted octanol–water partition coefficient (Wildman–Crippen LogP) is 1.26. The molecule has 0 amide bonds. The van der Waals surface area contributed by atoms with Gasteiger partial charge in [0.2, 0.25) is 0 Å². The van der Waals surface area contributed by atoms with Gasteiger partial charge in [-0.3, -0.25) is 4.98 Å². The second-order valence-electron chi connectivity index (χ2n) is 2.88. The van der Waals surface area contributed by atoms with Crippen molar-refractivity contribution in [1.82, 2.24) is 4.98 Å². The highest BCUT2D eigenvalue weighted by atomic mass is 16.5. The average molecular weight is 209 g/mol. The molecule has 0 aliphatic rings. The number of aromatic carboxylic acids is 1. The Balaban J connectivity index is 3.10. The Bertz CT molecular complexity index is 400. The summed E-state index contributed by atoms with van der Waals surface area (Å²) in [5.41, 5.74) is 0.624. The molecule has 5 nitrogen and oxygen atoms in total. The summed E-state index contributed by atoms with van der Waals surface area (Å²) in [5.74, 6) is -1.67. The molecule has 1 heterocycles. The molecule has 1 N–H and O–H groups in total. The van der Waals surface area contributed by atoms with Crippen LogP contribution in [0.3, 0.4) is 0 Å². The first-order valence-corrected chi connectivity index (χ1v) is 4.43. The number of aromatic nitrogens is 1. The number of esters is 1. The maximum atomic E-state index is 11.4. The number of aryl methyl sites for hydroxylation is 1. The van der Waals surface area contributed by atoms with Crippen molar-refractivity contribution in [2.75, 3.05) is 6.61 Å². The molecule has 5 heteroatoms. The van der Waals surface area contributed by atoms with Crippen molar-refractivity contribution < 1.29 is 19.4 Å². The largest absolute Gasteiger partial charge is 0.478 e. The molecule has 15 heavy (non-hydrogen) atoms. The Morgan fingerprint density at radius 1 is 1.53 bits per heavy atom. The molecule has 1 aromatic rings. The van der Waals surface area contributed by atoms with E-state index in [1.54, 1.807) is 13.8 Å². The Hall–Kier alpha value is -1.91. The van der Waals surface area contributed by atoms with Crippen molar-refractivity contribution in [3.05, 3.63) is 29.1 Å². The van der Waals surface area contributed by atoms with Crippen LogP contribution in [0.5, 0.6) is 0 Å². The van der Waals surface area contributed by atoms with E-state index >= 15 is 0 Å². The molecule has 80 valence electrons. The summed E-state index contributed by atoms with van der Waals surface area (Å²) < 4.78 is 4.77. The summed E-state index contributed by atoms with van der Waals surface area (Å²) in [5, 5.41) is 8.72. The highest BCUT2D eigenvalue weighted by Gasteiger charge is 2.14. The second-order valence-corrected chi connectivity index (χ2v) is 2.88. The molecule has 0 saturated heterocycles. The van der Waals surface area contributed by atoms with Crippen molar-refractivity contribution in [2.24, 2.45) is 0 Å². The standard InChI is InChI=1S/C10H11NO4/c1-3-15-10(14)8-4-7(9(12)13)5-11-6(8)2/h4-5H,3H2,1-2H3,(H,12,13). The number of rotatable bonds is 3. The van der Waals surface area contributed by atoms with Crippen molar-refractivity contribution >= 4 is 11.9 Å². The van der Waals surface area contributed by atoms with Gasteiger partial charge < -0.3 is 9.84 Å². The molecule has 0 atom stereocenters. The zero-order chi connectivity index (χ0) is 11.4. The van der Waals surface area contributed by atoms with Crippen molar-refractivity contribution in [3.8, 4) is 0 Å². The zero-order valence-electron chi connectivity index (χ0n) is 8.48. The number of ether oxygens (including phenoxy) is 1. The molecule has 0 aliphatic carbocycles. The minimum Gasteiger partial charge on any atom is -0.478 e. The smallest absolute Gasteiger partial charge is 0.339 e. The molecular weight excluding hydrogens is 198 g/mol. The number of hydrogen-bond donors (Lipinski definition) is 1. The van der Waals surface area contributed by atoms with Gasteiger partial charge in [-0.2, -0.15) is 0 Å². The number of pyridine rings is 1. The van der Waals surface area contributed by atoms with Crippen LogP contribution < -0.4 is 0 Å². The number of carbonyl (C=O) groups is 2. The maximum absolute atomic E-state index is 11.4. The monoisotopic (exact) mass is 209 g/mol. The third-order valence-corrected chi connectivity index (χ3v) is 1.83. The van der Waals surface area contributed by atoms with E-state index in [1.165, 1.54) is 12.3 Å². The van der Waals surface area contributed by atoms with E-state index in [0.29, 0.717) is 5.69 Å². The first kappa shape index (κ1) is 11.2. The molecule has 0 unspecified atom stereocenters. The molecule has 1 rings (SSSR count). The minimum absolute atomic E-state index is 0.0244. The number of carbonyl (C=O) groups excluding carboxylic acids is 1. The number of carboxylic acids is 1. The van der Waals surface area contributed by atoms with Crippen LogP contribution in [0, 0.1) is 6.92 Å². The summed E-state index contributed by atoms with van der Waals surface area (Å²) in [6.07, 6.45) is 1.21. The molecule has 0 saturated carbocycles. The highest BCUT2D eigenvalue weighted by molar-refractivity contribution is 5.94. The summed E-state index contributed by atoms with van der Waals surface area (Å²) in [7, 11) is 0. The second kappa shape index (κ2) is 4.54. The quantitative estimate of drug-likeness (QED) is 0.758. The number of carboxylic acid groups (broad SMARTS) is 1. The van der Waals surface area contributed by atoms with E-state index < -0.39 is 11.9 Å². The van der Waals surface area contributed by atoms with Gasteiger partial charge in [0.1, 0.15) is 0 Å². The van der Waals surface area contributed by atoms with Crippen LogP contribution >= 0.6 is 0 Å². The van der Waals surface area contributed by atoms with Crippen LogP contribution in [0.25, 0.3) is 0 Å². The van der Waals surface area contributed by atoms with Gasteiger partial charge in [0.25, 0.3) is 0 Å². The van der Waals surface area contributed by atoms with Crippen LogP contribution in [0.1, 0.15) is 33.3 Å². The van der Waals surface area contributed by atoms with Gasteiger partial charge in [-0.15, -0.1) is 0 Å². The normalized spacial score (nSPS) is 9.73. The predicted molar refractivity (Wildman–Crippen MR) is 51.9 cm³/mol. The van der Waals surface area contributed by atoms with Crippen LogP contribution in [-0.4, -0.2) is 28.6 Å². The van der Waals surface area contributed by atoms with Gasteiger partial charge in [0.15, 0.2) is 0 Å². The molecule has 0 spiro atoms. The summed E-state index contributed by atoms with van der Waals surface area (Å²) in [6, 6.07) is 1.27. The molecule has 0 aliphatic heterocycles. The summed E-state index contributed by atoms with van der Waals surface area (Å²) in [4.78, 5) is 25.9. The molecule has 0 bridgehead atoms. The Kier molecular flexibility index (Phi) is 3.38. The topological polar surface area (TPSA) is 76.5 Å². The fourth-order valence-electron chi connectivity index (χ4n) is 1.07. The minimum atomic E-state index is -1.12. The third kappa shape index (κ3) is 2.52. The van der Waals surface area contributed by atoms with Crippen LogP contribution in [0.15, 0.2) is 12.3 Å². The Morgan fingerprint density at radius 2 is 2.20 bits per heavy atom. The lowest BCUT2D eigenvalue weighted by molar-refractivity contribution is 0.0525. The van der Waals surface area contributed by atoms with Crippen molar-refractivity contribution in [1.29, 1.82) is 0 Å². The van der Waals surface area contributed by atoms with Gasteiger partial charge in [0, 0.05) is 6.20 Å². The lowest BCUT2D eigenvalue weighted by Gasteiger charge is -2.05. The molecule has 0 radical (unpaired) electrons. The Morgan fingerprint density at radius 3 is 2.73 bits per heavy atom. The lowest BCUT2D eigenvalue weighted by atomic mass is 10.1. The highest BCUT2D eigenvalue weighted by Crippen LogP contribution is 2.09. The molecular formula is C10H11NO4. The van der Waals surface area contributed by atoms with Crippen molar-refractivity contribution in [3.63, 3.8) is 0 Å². The van der Waals surface area contributed by atoms with Crippen molar-refractivity contribution in [2.45, 2.75) is 13.8 Å². The number of nitrogens with zero attached hydrogens (tertiary/aromatic N) is 1. The summed E-state index contributed by atoms with van der Waals surface area (Å²) in [6.45, 7) is 3.55.